The summed E-state index contributed by atoms with van der Waals surface area (Å²) in [6.07, 6.45) is -4.58. The van der Waals surface area contributed by atoms with Crippen LogP contribution in [0.25, 0.3) is 5.65 Å². The number of imidazole rings is 1. The first-order valence-corrected chi connectivity index (χ1v) is 10.7. The second-order valence-electron chi connectivity index (χ2n) is 8.64. The topological polar surface area (TPSA) is 128 Å². The third-order valence-corrected chi connectivity index (χ3v) is 5.63. The first kappa shape index (κ1) is 23.1. The van der Waals surface area contributed by atoms with Crippen LogP contribution >= 0.6 is 0 Å². The number of rotatable bonds is 7. The molecule has 2 aliphatic rings. The van der Waals surface area contributed by atoms with Crippen molar-refractivity contribution in [1.29, 1.82) is 0 Å². The number of carbonyl (C=O) groups excluding carboxylic acids is 1. The average molecular weight is 499 g/mol. The van der Waals surface area contributed by atoms with Gasteiger partial charge in [0.1, 0.15) is 11.8 Å². The summed E-state index contributed by atoms with van der Waals surface area (Å²) in [6, 6.07) is 2.98. The average Bonchev–Trinajstić information content (AvgIpc) is 3.14. The molecule has 4 heterocycles. The molecule has 1 saturated heterocycles. The molecular formula is C20H21F4N7O4. The molecule has 3 atom stereocenters. The Hall–Kier alpha value is -3.62. The molecule has 2 fully saturated rings. The monoisotopic (exact) mass is 499 g/mol. The smallest absolute Gasteiger partial charge is 0.422 e. The second kappa shape index (κ2) is 8.55. The summed E-state index contributed by atoms with van der Waals surface area (Å²) in [6.45, 7) is 0.283. The van der Waals surface area contributed by atoms with Crippen molar-refractivity contribution in [3.05, 3.63) is 30.2 Å². The van der Waals surface area contributed by atoms with E-state index in [0.29, 0.717) is 5.69 Å². The molecule has 1 aliphatic carbocycles. The van der Waals surface area contributed by atoms with Crippen molar-refractivity contribution < 1.29 is 36.6 Å². The fourth-order valence-electron chi connectivity index (χ4n) is 3.54. The van der Waals surface area contributed by atoms with E-state index < -0.39 is 37.3 Å². The third-order valence-electron chi connectivity index (χ3n) is 5.63. The number of H-pyrrole nitrogens is 1. The number of alkyl halides is 4. The van der Waals surface area contributed by atoms with Crippen molar-refractivity contribution in [2.24, 2.45) is 0 Å². The highest BCUT2D eigenvalue weighted by Crippen LogP contribution is 2.36. The lowest BCUT2D eigenvalue weighted by atomic mass is 10.1. The number of carbonyl (C=O) groups is 1. The van der Waals surface area contributed by atoms with Crippen LogP contribution in [0.3, 0.4) is 0 Å². The van der Waals surface area contributed by atoms with Gasteiger partial charge in [-0.05, 0) is 25.8 Å². The Balaban J connectivity index is 1.24. The number of alkyl carbamates (subject to hydrolysis) is 1. The summed E-state index contributed by atoms with van der Waals surface area (Å²) in [5.41, 5.74) is 0.299. The highest BCUT2D eigenvalue weighted by atomic mass is 19.4. The molecular weight excluding hydrogens is 478 g/mol. The normalized spacial score (nSPS) is 23.3. The minimum Gasteiger partial charge on any atom is -0.467 e. The Labute approximate surface area is 195 Å². The third kappa shape index (κ3) is 5.23. The van der Waals surface area contributed by atoms with E-state index in [0.717, 1.165) is 12.8 Å². The number of ether oxygens (including phenoxy) is 3. The molecule has 3 N–H and O–H groups in total. The zero-order valence-electron chi connectivity index (χ0n) is 18.3. The summed E-state index contributed by atoms with van der Waals surface area (Å²) >= 11 is 0. The number of halogens is 4. The largest absolute Gasteiger partial charge is 0.467 e. The van der Waals surface area contributed by atoms with Crippen molar-refractivity contribution in [1.82, 2.24) is 29.9 Å². The summed E-state index contributed by atoms with van der Waals surface area (Å²) in [4.78, 5) is 20.1. The van der Waals surface area contributed by atoms with Gasteiger partial charge in [0.05, 0.1) is 18.5 Å². The van der Waals surface area contributed by atoms with Crippen molar-refractivity contribution in [2.75, 3.05) is 18.5 Å². The van der Waals surface area contributed by atoms with Crippen molar-refractivity contribution in [3.63, 3.8) is 0 Å². The number of nitrogens with zero attached hydrogens (tertiary/aromatic N) is 4. The van der Waals surface area contributed by atoms with E-state index in [-0.39, 0.29) is 35.4 Å². The van der Waals surface area contributed by atoms with Gasteiger partial charge in [-0.3, -0.25) is 9.50 Å². The van der Waals surface area contributed by atoms with Crippen LogP contribution in [0.1, 0.15) is 31.6 Å². The molecule has 0 unspecified atom stereocenters. The molecule has 188 valence electrons. The number of nitrogens with one attached hydrogen (secondary N) is 3. The highest BCUT2D eigenvalue weighted by molar-refractivity contribution is 5.69. The lowest BCUT2D eigenvalue weighted by Gasteiger charge is -2.17. The van der Waals surface area contributed by atoms with E-state index in [2.05, 4.69) is 35.5 Å². The minimum absolute atomic E-state index is 0.117. The van der Waals surface area contributed by atoms with Gasteiger partial charge in [-0.2, -0.15) is 23.3 Å². The SMILES string of the molecule is CC1(NC(=O)O[C@@H]2CO[C@H](c3cc(Nc4nccc5nc(OCC(F)(F)F)cn45)n[nH]3)[C@H]2F)CC1. The van der Waals surface area contributed by atoms with E-state index in [1.54, 1.807) is 0 Å². The van der Waals surface area contributed by atoms with Gasteiger partial charge < -0.3 is 24.8 Å². The van der Waals surface area contributed by atoms with Crippen LogP contribution in [-0.2, 0) is 9.47 Å². The highest BCUT2D eigenvalue weighted by Gasteiger charge is 2.44. The lowest BCUT2D eigenvalue weighted by Crippen LogP contribution is -2.39. The van der Waals surface area contributed by atoms with Crippen LogP contribution < -0.4 is 15.4 Å². The molecule has 35 heavy (non-hydrogen) atoms. The van der Waals surface area contributed by atoms with Gasteiger partial charge in [0, 0.05) is 17.8 Å². The van der Waals surface area contributed by atoms with E-state index in [1.807, 2.05) is 6.92 Å². The first-order chi connectivity index (χ1) is 16.6. The molecule has 3 aromatic rings. The van der Waals surface area contributed by atoms with Gasteiger partial charge in [0.25, 0.3) is 0 Å². The maximum Gasteiger partial charge on any atom is 0.422 e. The molecule has 0 bridgehead atoms. The molecule has 1 saturated carbocycles. The van der Waals surface area contributed by atoms with E-state index >= 15 is 0 Å². The zero-order chi connectivity index (χ0) is 24.8. The predicted octanol–water partition coefficient (Wildman–Crippen LogP) is 3.19. The van der Waals surface area contributed by atoms with Gasteiger partial charge in [-0.15, -0.1) is 0 Å². The van der Waals surface area contributed by atoms with Gasteiger partial charge in [0.2, 0.25) is 11.8 Å². The molecule has 15 heteroatoms. The van der Waals surface area contributed by atoms with E-state index in [1.165, 1.54) is 28.9 Å². The van der Waals surface area contributed by atoms with Crippen molar-refractivity contribution in [3.8, 4) is 5.88 Å². The standard InChI is InChI=1S/C20H21F4N7O4/c1-19(3-4-19)28-18(32)35-11-8-33-16(15(11)21)10-6-12(30-29-10)26-17-25-5-2-13-27-14(7-31(13)17)34-9-20(22,23)24/h2,5-7,11,15-16H,3-4,8-9H2,1H3,(H,28,32)(H2,25,26,29,30)/t11-,15+,16-/m1/s1. The number of anilines is 2. The molecule has 0 spiro atoms. The molecule has 5 rings (SSSR count). The summed E-state index contributed by atoms with van der Waals surface area (Å²) in [5.74, 6) is 0.197. The van der Waals surface area contributed by atoms with Gasteiger partial charge in [-0.1, -0.05) is 0 Å². The number of amides is 1. The van der Waals surface area contributed by atoms with Crippen LogP contribution in [0.15, 0.2) is 24.5 Å². The Morgan fingerprint density at radius 3 is 2.94 bits per heavy atom. The quantitative estimate of drug-likeness (QED) is 0.423. The predicted molar refractivity (Wildman–Crippen MR) is 111 cm³/mol. The Bertz CT molecular complexity index is 1230. The van der Waals surface area contributed by atoms with Crippen molar-refractivity contribution >= 4 is 23.5 Å². The first-order valence-electron chi connectivity index (χ1n) is 10.7. The summed E-state index contributed by atoms with van der Waals surface area (Å²) < 4.78 is 68.9. The fraction of sp³-hybridized carbons (Fsp3) is 0.500. The van der Waals surface area contributed by atoms with Crippen LogP contribution in [0.2, 0.25) is 0 Å². The van der Waals surface area contributed by atoms with Gasteiger partial charge in [0.15, 0.2) is 24.7 Å². The Kier molecular flexibility index (Phi) is 5.65. The zero-order valence-corrected chi connectivity index (χ0v) is 18.3. The molecule has 0 aromatic carbocycles. The molecule has 1 amide bonds. The van der Waals surface area contributed by atoms with E-state index in [4.69, 9.17) is 9.47 Å². The Morgan fingerprint density at radius 2 is 2.20 bits per heavy atom. The molecule has 11 nitrogen and oxygen atoms in total. The molecule has 3 aromatic heterocycles. The molecule has 1 aliphatic heterocycles. The number of aromatic amines is 1. The van der Waals surface area contributed by atoms with Crippen LogP contribution in [0, 0.1) is 0 Å². The molecule has 0 radical (unpaired) electrons. The minimum atomic E-state index is -4.50. The van der Waals surface area contributed by atoms with Crippen LogP contribution in [-0.4, -0.2) is 67.9 Å². The fourth-order valence-corrected chi connectivity index (χ4v) is 3.54. The Morgan fingerprint density at radius 1 is 1.40 bits per heavy atom. The number of hydrogen-bond donors (Lipinski definition) is 3. The second-order valence-corrected chi connectivity index (χ2v) is 8.64. The summed E-state index contributed by atoms with van der Waals surface area (Å²) in [7, 11) is 0. The van der Waals surface area contributed by atoms with Gasteiger partial charge in [-0.25, -0.2) is 14.2 Å². The maximum atomic E-state index is 14.9. The van der Waals surface area contributed by atoms with Gasteiger partial charge >= 0.3 is 12.3 Å². The van der Waals surface area contributed by atoms with Crippen molar-refractivity contribution in [2.45, 2.75) is 49.9 Å². The van der Waals surface area contributed by atoms with Crippen LogP contribution in [0.4, 0.5) is 34.1 Å². The summed E-state index contributed by atoms with van der Waals surface area (Å²) in [5, 5.41) is 12.3. The van der Waals surface area contributed by atoms with Crippen LogP contribution in [0.5, 0.6) is 5.88 Å². The maximum absolute atomic E-state index is 14.9. The lowest BCUT2D eigenvalue weighted by molar-refractivity contribution is -0.154. The number of hydrogen-bond acceptors (Lipinski definition) is 8. The number of aromatic nitrogens is 5. The number of fused-ring (bicyclic) bond motifs is 1. The van der Waals surface area contributed by atoms with E-state index in [9.17, 15) is 22.4 Å².